The molecule has 0 spiro atoms. The summed E-state index contributed by atoms with van der Waals surface area (Å²) in [5.74, 6) is -2.12. The van der Waals surface area contributed by atoms with Crippen LogP contribution in [0, 0.1) is 10.1 Å². The Morgan fingerprint density at radius 1 is 1.36 bits per heavy atom. The molecule has 0 aromatic heterocycles. The number of nitrogens with zero attached hydrogens (tertiary/aromatic N) is 1. The Morgan fingerprint density at radius 2 is 1.96 bits per heavy atom. The number of rotatable bonds is 9. The molecule has 25 heavy (non-hydrogen) atoms. The van der Waals surface area contributed by atoms with Gasteiger partial charge in [-0.15, -0.1) is 10.1 Å². The summed E-state index contributed by atoms with van der Waals surface area (Å²) in [6.07, 6.45) is -5.94. The molecule has 0 aromatic rings. The first kappa shape index (κ1) is 20.2. The summed E-state index contributed by atoms with van der Waals surface area (Å²) in [5, 5.41) is 41.5. The second kappa shape index (κ2) is 7.66. The van der Waals surface area contributed by atoms with Crippen molar-refractivity contribution < 1.29 is 44.2 Å². The molecule has 11 nitrogen and oxygen atoms in total. The molecule has 0 bridgehead atoms. The third kappa shape index (κ3) is 3.33. The van der Waals surface area contributed by atoms with E-state index in [1.165, 1.54) is 6.92 Å². The van der Waals surface area contributed by atoms with Crippen molar-refractivity contribution in [3.05, 3.63) is 10.1 Å². The first-order valence-corrected chi connectivity index (χ1v) is 8.14. The monoisotopic (exact) mass is 367 g/mol. The van der Waals surface area contributed by atoms with E-state index in [0.717, 1.165) is 0 Å². The van der Waals surface area contributed by atoms with E-state index in [1.54, 1.807) is 13.8 Å². The van der Waals surface area contributed by atoms with Crippen LogP contribution in [0.2, 0.25) is 0 Å². The molecule has 2 unspecified atom stereocenters. The van der Waals surface area contributed by atoms with Crippen LogP contribution in [0.15, 0.2) is 0 Å². The van der Waals surface area contributed by atoms with Gasteiger partial charge in [-0.3, -0.25) is 0 Å². The van der Waals surface area contributed by atoms with E-state index in [1.807, 2.05) is 0 Å². The highest BCUT2D eigenvalue weighted by Gasteiger charge is 2.70. The van der Waals surface area contributed by atoms with Crippen LogP contribution >= 0.6 is 0 Å². The van der Waals surface area contributed by atoms with Crippen molar-refractivity contribution in [2.45, 2.75) is 62.7 Å². The van der Waals surface area contributed by atoms with Crippen molar-refractivity contribution in [3.63, 3.8) is 0 Å². The number of hydrogen-bond acceptors (Lipinski definition) is 10. The Hall–Kier alpha value is -1.08. The fourth-order valence-electron chi connectivity index (χ4n) is 3.46. The molecule has 11 heteroatoms. The van der Waals surface area contributed by atoms with Gasteiger partial charge in [0.05, 0.1) is 13.2 Å². The smallest absolute Gasteiger partial charge is 0.294 e. The van der Waals surface area contributed by atoms with Crippen LogP contribution in [0.4, 0.5) is 0 Å². The Morgan fingerprint density at radius 3 is 2.48 bits per heavy atom. The summed E-state index contributed by atoms with van der Waals surface area (Å²) < 4.78 is 22.1. The van der Waals surface area contributed by atoms with Crippen molar-refractivity contribution in [2.24, 2.45) is 0 Å². The zero-order valence-corrected chi connectivity index (χ0v) is 14.4. The van der Waals surface area contributed by atoms with Gasteiger partial charge in [-0.2, -0.15) is 0 Å². The fourth-order valence-corrected chi connectivity index (χ4v) is 3.46. The van der Waals surface area contributed by atoms with Crippen LogP contribution in [0.5, 0.6) is 0 Å². The van der Waals surface area contributed by atoms with E-state index in [9.17, 15) is 25.4 Å². The summed E-state index contributed by atoms with van der Waals surface area (Å²) in [7, 11) is 0. The van der Waals surface area contributed by atoms with Crippen molar-refractivity contribution >= 4 is 0 Å². The predicted molar refractivity (Wildman–Crippen MR) is 80.0 cm³/mol. The Bertz CT molecular complexity index is 471. The Balaban J connectivity index is 2.42. The normalized spacial score (nSPS) is 34.6. The van der Waals surface area contributed by atoms with Crippen molar-refractivity contribution in [2.75, 3.05) is 26.4 Å². The maximum absolute atomic E-state index is 11.3. The summed E-state index contributed by atoms with van der Waals surface area (Å²) in [6.45, 7) is 4.09. The van der Waals surface area contributed by atoms with Gasteiger partial charge in [-0.05, 0) is 20.8 Å². The maximum Gasteiger partial charge on any atom is 0.294 e. The first-order chi connectivity index (χ1) is 11.7. The van der Waals surface area contributed by atoms with Gasteiger partial charge >= 0.3 is 0 Å². The van der Waals surface area contributed by atoms with Gasteiger partial charge in [0.25, 0.3) is 5.09 Å². The molecule has 6 atom stereocenters. The lowest BCUT2D eigenvalue weighted by Gasteiger charge is -2.48. The van der Waals surface area contributed by atoms with Crippen molar-refractivity contribution in [1.29, 1.82) is 0 Å². The molecule has 2 fully saturated rings. The van der Waals surface area contributed by atoms with Crippen LogP contribution in [-0.2, 0) is 23.8 Å². The standard InChI is InChI=1S/C14H25NO10/c1-4-23-14(24-5-2,11(17)8(3)25-15(19)20)13(18)7-22-10-9(16)6-21-12(10)13/h8-12,16-18H,4-7H2,1-3H3/t8?,9-,10+,11?,12-,13-/m0/s1. The van der Waals surface area contributed by atoms with Crippen LogP contribution in [-0.4, -0.2) is 88.7 Å². The summed E-state index contributed by atoms with van der Waals surface area (Å²) in [5.41, 5.74) is -2.02. The summed E-state index contributed by atoms with van der Waals surface area (Å²) >= 11 is 0. The average molecular weight is 367 g/mol. The third-order valence-electron chi connectivity index (χ3n) is 4.50. The predicted octanol–water partition coefficient (Wildman–Crippen LogP) is -1.40. The summed E-state index contributed by atoms with van der Waals surface area (Å²) in [4.78, 5) is 15.0. The SMILES string of the molecule is CCOC(OCC)(C(O)C(C)O[N+](=O)[O-])[C@]1(O)CO[C@@H]2[C@@H](O)CO[C@@H]21. The second-order valence-electron chi connectivity index (χ2n) is 6.03. The molecule has 2 aliphatic heterocycles. The Kier molecular flexibility index (Phi) is 6.20. The molecular weight excluding hydrogens is 342 g/mol. The highest BCUT2D eigenvalue weighted by molar-refractivity contribution is 5.14. The van der Waals surface area contributed by atoms with Gasteiger partial charge in [0.1, 0.15) is 30.5 Å². The molecule has 146 valence electrons. The van der Waals surface area contributed by atoms with Gasteiger partial charge in [-0.1, -0.05) is 0 Å². The third-order valence-corrected chi connectivity index (χ3v) is 4.50. The minimum Gasteiger partial charge on any atom is -0.388 e. The largest absolute Gasteiger partial charge is 0.388 e. The van der Waals surface area contributed by atoms with Gasteiger partial charge in [0.2, 0.25) is 5.79 Å². The molecule has 2 rings (SSSR count). The number of fused-ring (bicyclic) bond motifs is 1. The van der Waals surface area contributed by atoms with Gasteiger partial charge in [0, 0.05) is 13.2 Å². The van der Waals surface area contributed by atoms with E-state index in [-0.39, 0.29) is 26.4 Å². The van der Waals surface area contributed by atoms with Gasteiger partial charge in [-0.25, -0.2) is 0 Å². The van der Waals surface area contributed by atoms with Crippen LogP contribution in [0.3, 0.4) is 0 Å². The van der Waals surface area contributed by atoms with E-state index < -0.39 is 47.0 Å². The van der Waals surface area contributed by atoms with Crippen LogP contribution in [0.25, 0.3) is 0 Å². The van der Waals surface area contributed by atoms with E-state index >= 15 is 0 Å². The summed E-state index contributed by atoms with van der Waals surface area (Å²) in [6, 6.07) is 0. The van der Waals surface area contributed by atoms with Crippen molar-refractivity contribution in [3.8, 4) is 0 Å². The second-order valence-corrected chi connectivity index (χ2v) is 6.03. The quantitative estimate of drug-likeness (QED) is 0.252. The molecule has 2 saturated heterocycles. The number of aliphatic hydroxyl groups excluding tert-OH is 2. The molecule has 0 amide bonds. The van der Waals surface area contributed by atoms with E-state index in [2.05, 4.69) is 4.84 Å². The molecule has 2 heterocycles. The highest BCUT2D eigenvalue weighted by atomic mass is 17.0. The zero-order valence-electron chi connectivity index (χ0n) is 14.4. The number of hydrogen-bond donors (Lipinski definition) is 3. The fraction of sp³-hybridized carbons (Fsp3) is 1.00. The van der Waals surface area contributed by atoms with E-state index in [4.69, 9.17) is 18.9 Å². The van der Waals surface area contributed by atoms with Gasteiger partial charge in [0.15, 0.2) is 5.60 Å². The average Bonchev–Trinajstić information content (AvgIpc) is 3.08. The van der Waals surface area contributed by atoms with Crippen molar-refractivity contribution in [1.82, 2.24) is 0 Å². The minimum atomic E-state index is -2.12. The molecule has 2 aliphatic rings. The zero-order chi connectivity index (χ0) is 18.8. The first-order valence-electron chi connectivity index (χ1n) is 8.14. The molecular formula is C14H25NO10. The lowest BCUT2D eigenvalue weighted by Crippen LogP contribution is -2.71. The minimum absolute atomic E-state index is 0.0183. The number of ether oxygens (including phenoxy) is 4. The highest BCUT2D eigenvalue weighted by Crippen LogP contribution is 2.45. The Labute approximate surface area is 144 Å². The van der Waals surface area contributed by atoms with E-state index in [0.29, 0.717) is 0 Å². The molecule has 0 radical (unpaired) electrons. The maximum atomic E-state index is 11.3. The molecule has 0 aromatic carbocycles. The topological polar surface area (TPSA) is 150 Å². The van der Waals surface area contributed by atoms with Gasteiger partial charge < -0.3 is 39.1 Å². The molecule has 0 aliphatic carbocycles. The molecule has 3 N–H and O–H groups in total. The number of aliphatic hydroxyl groups is 3. The molecule has 0 saturated carbocycles. The lowest BCUT2D eigenvalue weighted by molar-refractivity contribution is -0.771. The van der Waals surface area contributed by atoms with Crippen LogP contribution < -0.4 is 0 Å². The lowest BCUT2D eigenvalue weighted by atomic mass is 9.81. The van der Waals surface area contributed by atoms with Crippen LogP contribution in [0.1, 0.15) is 20.8 Å².